The number of H-pyrrole nitrogens is 1. The molecule has 0 saturated carbocycles. The summed E-state index contributed by atoms with van der Waals surface area (Å²) in [6.07, 6.45) is 4.75. The second kappa shape index (κ2) is 10.2. The van der Waals surface area contributed by atoms with E-state index in [1.54, 1.807) is 36.1 Å². The Morgan fingerprint density at radius 3 is 2.71 bits per heavy atom. The molecule has 0 bridgehead atoms. The van der Waals surface area contributed by atoms with E-state index in [4.69, 9.17) is 10.5 Å². The highest BCUT2D eigenvalue weighted by Gasteiger charge is 2.26. The number of aromatic amines is 1. The molecule has 1 atom stereocenters. The third-order valence-electron chi connectivity index (χ3n) is 5.79. The van der Waals surface area contributed by atoms with Crippen LogP contribution >= 0.6 is 0 Å². The van der Waals surface area contributed by atoms with Gasteiger partial charge in [0, 0.05) is 37.7 Å². The summed E-state index contributed by atoms with van der Waals surface area (Å²) in [4.78, 5) is 38.2. The van der Waals surface area contributed by atoms with Crippen LogP contribution in [0.3, 0.4) is 0 Å². The molecule has 1 saturated heterocycles. The van der Waals surface area contributed by atoms with Gasteiger partial charge in [-0.25, -0.2) is 9.98 Å². The van der Waals surface area contributed by atoms with Gasteiger partial charge in [-0.3, -0.25) is 9.59 Å². The van der Waals surface area contributed by atoms with Crippen molar-refractivity contribution in [2.24, 2.45) is 16.6 Å². The maximum Gasteiger partial charge on any atom is 0.238 e. The number of allylic oxidation sites excluding steroid dienone is 1. The Balaban J connectivity index is 1.53. The largest absolute Gasteiger partial charge is 0.437 e. The number of benzene rings is 2. The third-order valence-corrected chi connectivity index (χ3v) is 5.79. The normalized spacial score (nSPS) is 17.0. The average molecular weight is 458 g/mol. The number of ether oxygens (including phenoxy) is 1. The summed E-state index contributed by atoms with van der Waals surface area (Å²) in [6, 6.07) is 14.2. The van der Waals surface area contributed by atoms with Gasteiger partial charge in [0.15, 0.2) is 5.82 Å². The molecule has 2 aromatic carbocycles. The zero-order valence-electron chi connectivity index (χ0n) is 19.0. The number of piperidine rings is 1. The Kier molecular flexibility index (Phi) is 6.87. The lowest BCUT2D eigenvalue weighted by Gasteiger charge is -2.32. The Hall–Kier alpha value is -4.20. The lowest BCUT2D eigenvalue weighted by atomic mass is 9.95. The molecule has 174 valence electrons. The topological polar surface area (TPSA) is 114 Å². The van der Waals surface area contributed by atoms with E-state index in [9.17, 15) is 9.59 Å². The van der Waals surface area contributed by atoms with Gasteiger partial charge >= 0.3 is 0 Å². The first kappa shape index (κ1) is 23.0. The monoisotopic (exact) mass is 457 g/mol. The zero-order chi connectivity index (χ0) is 24.1. The van der Waals surface area contributed by atoms with Crippen molar-refractivity contribution in [1.29, 1.82) is 0 Å². The van der Waals surface area contributed by atoms with Gasteiger partial charge in [0.2, 0.25) is 17.6 Å². The van der Waals surface area contributed by atoms with Crippen molar-refractivity contribution in [3.05, 3.63) is 84.2 Å². The Labute approximate surface area is 197 Å². The fourth-order valence-corrected chi connectivity index (χ4v) is 3.95. The lowest BCUT2D eigenvalue weighted by Crippen LogP contribution is -2.40. The van der Waals surface area contributed by atoms with Gasteiger partial charge in [-0.1, -0.05) is 24.8 Å². The number of nitrogens with zero attached hydrogens (tertiary/aromatic N) is 3. The number of amides is 1. The van der Waals surface area contributed by atoms with Crippen LogP contribution in [0.4, 0.5) is 0 Å². The van der Waals surface area contributed by atoms with Crippen LogP contribution in [-0.4, -0.2) is 45.9 Å². The summed E-state index contributed by atoms with van der Waals surface area (Å²) in [5.74, 6) is 0.783. The number of fused-ring (bicyclic) bond motifs is 1. The molecule has 1 aliphatic heterocycles. The van der Waals surface area contributed by atoms with E-state index in [0.717, 1.165) is 30.4 Å². The van der Waals surface area contributed by atoms with Crippen LogP contribution < -0.4 is 10.5 Å². The van der Waals surface area contributed by atoms with Crippen LogP contribution in [-0.2, 0) is 4.79 Å². The average Bonchev–Trinajstić information content (AvgIpc) is 3.30. The standard InChI is InChI=1S/C26H27N5O3/c1-3-14-28-26(23(27)19-7-6-15-31(16-19)17(2)32)34-20-12-10-18(11-13-20)24(33)25-29-21-8-4-5-9-22(21)30-25/h3-5,8-14,19H,1,6-7,15-16,27H2,2H3,(H,29,30)/b26-23+,28-14-/t19-/m0/s1. The second-order valence-corrected chi connectivity index (χ2v) is 8.14. The molecular weight excluding hydrogens is 430 g/mol. The van der Waals surface area contributed by atoms with Crippen molar-refractivity contribution in [1.82, 2.24) is 14.9 Å². The molecule has 0 spiro atoms. The predicted molar refractivity (Wildman–Crippen MR) is 131 cm³/mol. The molecule has 0 unspecified atom stereocenters. The van der Waals surface area contributed by atoms with E-state index in [1.165, 1.54) is 12.3 Å². The summed E-state index contributed by atoms with van der Waals surface area (Å²) >= 11 is 0. The molecule has 1 amide bonds. The molecule has 3 aromatic rings. The summed E-state index contributed by atoms with van der Waals surface area (Å²) < 4.78 is 5.99. The van der Waals surface area contributed by atoms with Gasteiger partial charge in [0.1, 0.15) is 5.75 Å². The van der Waals surface area contributed by atoms with Crippen LogP contribution in [0.5, 0.6) is 5.75 Å². The summed E-state index contributed by atoms with van der Waals surface area (Å²) in [6.45, 7) is 6.47. The van der Waals surface area contributed by atoms with Crippen molar-refractivity contribution in [2.45, 2.75) is 19.8 Å². The summed E-state index contributed by atoms with van der Waals surface area (Å²) in [7, 11) is 0. The maximum absolute atomic E-state index is 12.9. The maximum atomic E-state index is 12.9. The second-order valence-electron chi connectivity index (χ2n) is 8.14. The predicted octanol–water partition coefficient (Wildman–Crippen LogP) is 3.82. The number of hydrogen-bond donors (Lipinski definition) is 2. The van der Waals surface area contributed by atoms with E-state index in [2.05, 4.69) is 21.5 Å². The molecule has 3 N–H and O–H groups in total. The fraction of sp³-hybridized carbons (Fsp3) is 0.231. The van der Waals surface area contributed by atoms with Crippen molar-refractivity contribution in [3.63, 3.8) is 0 Å². The Morgan fingerprint density at radius 2 is 2.00 bits per heavy atom. The number of nitrogens with one attached hydrogen (secondary N) is 1. The number of aliphatic imine (C=N–C) groups is 1. The molecule has 1 aliphatic rings. The smallest absolute Gasteiger partial charge is 0.238 e. The van der Waals surface area contributed by atoms with Crippen LogP contribution in [0.1, 0.15) is 35.9 Å². The van der Waals surface area contributed by atoms with Gasteiger partial charge in [-0.15, -0.1) is 0 Å². The van der Waals surface area contributed by atoms with E-state index < -0.39 is 0 Å². The van der Waals surface area contributed by atoms with Gasteiger partial charge in [0.05, 0.1) is 16.7 Å². The SMILES string of the molecule is C=C/C=N\C(Oc1ccc(C(=O)c2nc3ccccc3[nH]2)cc1)=C(/N)[C@H]1CCCN(C(C)=O)C1. The quantitative estimate of drug-likeness (QED) is 0.318. The highest BCUT2D eigenvalue weighted by Crippen LogP contribution is 2.26. The van der Waals surface area contributed by atoms with Gasteiger partial charge in [0.25, 0.3) is 0 Å². The molecule has 4 rings (SSSR count). The number of para-hydroxylation sites is 2. The van der Waals surface area contributed by atoms with Crippen molar-refractivity contribution < 1.29 is 14.3 Å². The number of nitrogens with two attached hydrogens (primary N) is 1. The van der Waals surface area contributed by atoms with Crippen molar-refractivity contribution in [3.8, 4) is 5.75 Å². The number of imidazole rings is 1. The van der Waals surface area contributed by atoms with E-state index in [0.29, 0.717) is 23.6 Å². The van der Waals surface area contributed by atoms with Gasteiger partial charge < -0.3 is 20.4 Å². The number of aromatic nitrogens is 2. The number of ketones is 1. The van der Waals surface area contributed by atoms with Crippen molar-refractivity contribution in [2.75, 3.05) is 13.1 Å². The number of carbonyl (C=O) groups excluding carboxylic acids is 2. The van der Waals surface area contributed by atoms with Crippen LogP contribution in [0.15, 0.2) is 77.8 Å². The number of rotatable bonds is 7. The highest BCUT2D eigenvalue weighted by molar-refractivity contribution is 6.08. The van der Waals surface area contributed by atoms with Crippen LogP contribution in [0.25, 0.3) is 11.0 Å². The molecule has 8 heteroatoms. The lowest BCUT2D eigenvalue weighted by molar-refractivity contribution is -0.130. The van der Waals surface area contributed by atoms with E-state index in [-0.39, 0.29) is 29.3 Å². The third kappa shape index (κ3) is 5.06. The molecule has 0 radical (unpaired) electrons. The summed E-state index contributed by atoms with van der Waals surface area (Å²) in [5.41, 5.74) is 8.94. The molecule has 34 heavy (non-hydrogen) atoms. The minimum Gasteiger partial charge on any atom is -0.437 e. The molecular formula is C26H27N5O3. The Bertz CT molecular complexity index is 1240. The fourth-order valence-electron chi connectivity index (χ4n) is 3.95. The molecule has 2 heterocycles. The number of hydrogen-bond acceptors (Lipinski definition) is 6. The van der Waals surface area contributed by atoms with Crippen molar-refractivity contribution >= 4 is 28.9 Å². The van der Waals surface area contributed by atoms with Crippen LogP contribution in [0, 0.1) is 5.92 Å². The van der Waals surface area contributed by atoms with Gasteiger partial charge in [-0.2, -0.15) is 0 Å². The molecule has 1 fully saturated rings. The molecule has 0 aliphatic carbocycles. The first-order valence-electron chi connectivity index (χ1n) is 11.1. The van der Waals surface area contributed by atoms with E-state index >= 15 is 0 Å². The molecule has 8 nitrogen and oxygen atoms in total. The first-order valence-corrected chi connectivity index (χ1v) is 11.1. The minimum absolute atomic E-state index is 0.0271. The Morgan fingerprint density at radius 1 is 1.24 bits per heavy atom. The zero-order valence-corrected chi connectivity index (χ0v) is 19.0. The van der Waals surface area contributed by atoms with Gasteiger partial charge in [-0.05, 0) is 49.2 Å². The van der Waals surface area contributed by atoms with E-state index in [1.807, 2.05) is 24.3 Å². The van der Waals surface area contributed by atoms with Crippen LogP contribution in [0.2, 0.25) is 0 Å². The number of carbonyl (C=O) groups is 2. The first-order chi connectivity index (χ1) is 16.5. The molecule has 1 aromatic heterocycles. The summed E-state index contributed by atoms with van der Waals surface area (Å²) in [5, 5.41) is 0. The minimum atomic E-state index is -0.214. The number of likely N-dealkylation sites (tertiary alicyclic amines) is 1. The highest BCUT2D eigenvalue weighted by atomic mass is 16.5.